The molecule has 110 valence electrons. The Morgan fingerprint density at radius 1 is 1.24 bits per heavy atom. The van der Waals surface area contributed by atoms with Crippen molar-refractivity contribution in [3.05, 3.63) is 53.6 Å². The van der Waals surface area contributed by atoms with Crippen LogP contribution in [0.4, 0.5) is 23.2 Å². The van der Waals surface area contributed by atoms with E-state index >= 15 is 0 Å². The first kappa shape index (κ1) is 14.8. The number of hydrogen-bond donors (Lipinski definition) is 2. The van der Waals surface area contributed by atoms with Crippen molar-refractivity contribution in [1.29, 1.82) is 0 Å². The van der Waals surface area contributed by atoms with Gasteiger partial charge in [0.15, 0.2) is 0 Å². The maximum absolute atomic E-state index is 13.1. The van der Waals surface area contributed by atoms with Gasteiger partial charge in [-0.3, -0.25) is 9.78 Å². The summed E-state index contributed by atoms with van der Waals surface area (Å²) in [6.45, 7) is 0. The Labute approximate surface area is 116 Å². The molecule has 2 aromatic rings. The van der Waals surface area contributed by atoms with Crippen molar-refractivity contribution in [2.75, 3.05) is 5.32 Å². The fraction of sp³-hybridized carbons (Fsp3) is 0.0769. The molecule has 0 saturated heterocycles. The number of nitrogens with one attached hydrogen (secondary N) is 1. The molecule has 0 unspecified atom stereocenters. The van der Waals surface area contributed by atoms with Crippen molar-refractivity contribution in [3.63, 3.8) is 0 Å². The van der Waals surface area contributed by atoms with Gasteiger partial charge in [-0.1, -0.05) is 0 Å². The van der Waals surface area contributed by atoms with Gasteiger partial charge in [0.1, 0.15) is 11.6 Å². The molecule has 0 aliphatic rings. The van der Waals surface area contributed by atoms with Gasteiger partial charge in [-0.05, 0) is 24.3 Å². The Morgan fingerprint density at radius 2 is 1.95 bits per heavy atom. The van der Waals surface area contributed by atoms with E-state index < -0.39 is 29.2 Å². The first-order chi connectivity index (χ1) is 9.79. The Morgan fingerprint density at radius 3 is 2.57 bits per heavy atom. The lowest BCUT2D eigenvalue weighted by Gasteiger charge is -2.11. The first-order valence-electron chi connectivity index (χ1n) is 5.60. The third-order valence-corrected chi connectivity index (χ3v) is 2.57. The third-order valence-electron chi connectivity index (χ3n) is 2.57. The van der Waals surface area contributed by atoms with Crippen molar-refractivity contribution >= 4 is 11.6 Å². The molecular formula is C13H8F4N2O2. The Balaban J connectivity index is 2.29. The number of amides is 1. The fourth-order valence-electron chi connectivity index (χ4n) is 1.60. The summed E-state index contributed by atoms with van der Waals surface area (Å²) < 4.78 is 50.8. The molecule has 0 radical (unpaired) electrons. The highest BCUT2D eigenvalue weighted by molar-refractivity contribution is 6.06. The smallest absolute Gasteiger partial charge is 0.419 e. The van der Waals surface area contributed by atoms with Gasteiger partial charge < -0.3 is 10.4 Å². The molecular weight excluding hydrogens is 292 g/mol. The lowest BCUT2D eigenvalue weighted by atomic mass is 10.1. The lowest BCUT2D eigenvalue weighted by molar-refractivity contribution is -0.139. The summed E-state index contributed by atoms with van der Waals surface area (Å²) in [7, 11) is 0. The van der Waals surface area contributed by atoms with Crippen LogP contribution in [0.3, 0.4) is 0 Å². The number of alkyl halides is 3. The lowest BCUT2D eigenvalue weighted by Crippen LogP contribution is -2.14. The third kappa shape index (κ3) is 3.28. The van der Waals surface area contributed by atoms with Crippen LogP contribution >= 0.6 is 0 Å². The Kier molecular flexibility index (Phi) is 3.79. The number of benzene rings is 1. The standard InChI is InChI=1S/C13H8F4N2O2/c14-10-2-1-7(5-9(10)13(15,16)17)19-12(21)8-3-4-18-6-11(8)20/h1-6,20H,(H,19,21). The van der Waals surface area contributed by atoms with Crippen molar-refractivity contribution in [2.45, 2.75) is 6.18 Å². The second-order valence-corrected chi connectivity index (χ2v) is 4.04. The van der Waals surface area contributed by atoms with E-state index in [0.29, 0.717) is 12.1 Å². The molecule has 0 saturated carbocycles. The zero-order valence-corrected chi connectivity index (χ0v) is 10.3. The number of aromatic nitrogens is 1. The summed E-state index contributed by atoms with van der Waals surface area (Å²) in [4.78, 5) is 15.4. The predicted octanol–water partition coefficient (Wildman–Crippen LogP) is 3.20. The SMILES string of the molecule is O=C(Nc1ccc(F)c(C(F)(F)F)c1)c1ccncc1O. The Hall–Kier alpha value is -2.64. The van der Waals surface area contributed by atoms with Crippen LogP contribution < -0.4 is 5.32 Å². The van der Waals surface area contributed by atoms with E-state index in [1.165, 1.54) is 12.3 Å². The van der Waals surface area contributed by atoms with E-state index in [1.807, 2.05) is 0 Å². The monoisotopic (exact) mass is 300 g/mol. The van der Waals surface area contributed by atoms with Gasteiger partial charge in [-0.2, -0.15) is 13.2 Å². The van der Waals surface area contributed by atoms with Crippen molar-refractivity contribution in [2.24, 2.45) is 0 Å². The van der Waals surface area contributed by atoms with Crippen molar-refractivity contribution < 1.29 is 27.5 Å². The van der Waals surface area contributed by atoms with Gasteiger partial charge >= 0.3 is 6.18 Å². The number of aromatic hydroxyl groups is 1. The number of carbonyl (C=O) groups is 1. The molecule has 1 amide bonds. The number of pyridine rings is 1. The maximum Gasteiger partial charge on any atom is 0.419 e. The minimum Gasteiger partial charge on any atom is -0.505 e. The van der Waals surface area contributed by atoms with Crippen molar-refractivity contribution in [1.82, 2.24) is 4.98 Å². The quantitative estimate of drug-likeness (QED) is 0.837. The molecule has 0 spiro atoms. The zero-order chi connectivity index (χ0) is 15.6. The van der Waals surface area contributed by atoms with Crippen LogP contribution in [-0.2, 0) is 6.18 Å². The van der Waals surface area contributed by atoms with Crippen LogP contribution in [0.1, 0.15) is 15.9 Å². The highest BCUT2D eigenvalue weighted by Gasteiger charge is 2.34. The van der Waals surface area contributed by atoms with E-state index in [0.717, 1.165) is 12.3 Å². The second kappa shape index (κ2) is 5.39. The first-order valence-corrected chi connectivity index (χ1v) is 5.60. The second-order valence-electron chi connectivity index (χ2n) is 4.04. The number of hydrogen-bond acceptors (Lipinski definition) is 3. The van der Waals surface area contributed by atoms with E-state index in [1.54, 1.807) is 0 Å². The molecule has 0 aliphatic heterocycles. The van der Waals surface area contributed by atoms with Gasteiger partial charge in [0.05, 0.1) is 17.3 Å². The summed E-state index contributed by atoms with van der Waals surface area (Å²) in [6.07, 6.45) is -2.62. The average Bonchev–Trinajstić information content (AvgIpc) is 2.40. The number of anilines is 1. The molecule has 2 N–H and O–H groups in total. The van der Waals surface area contributed by atoms with Gasteiger partial charge in [0.2, 0.25) is 0 Å². The van der Waals surface area contributed by atoms with Crippen LogP contribution in [0.5, 0.6) is 5.75 Å². The van der Waals surface area contributed by atoms with Gasteiger partial charge in [0, 0.05) is 11.9 Å². The normalized spacial score (nSPS) is 11.2. The van der Waals surface area contributed by atoms with Crippen LogP contribution in [-0.4, -0.2) is 16.0 Å². The molecule has 2 rings (SSSR count). The molecule has 0 aliphatic carbocycles. The highest BCUT2D eigenvalue weighted by atomic mass is 19.4. The van der Waals surface area contributed by atoms with Gasteiger partial charge in [-0.15, -0.1) is 0 Å². The molecule has 8 heteroatoms. The number of halogens is 4. The number of carbonyl (C=O) groups excluding carboxylic acids is 1. The fourth-order valence-corrected chi connectivity index (χ4v) is 1.60. The summed E-state index contributed by atoms with van der Waals surface area (Å²) >= 11 is 0. The minimum atomic E-state index is -4.87. The molecule has 21 heavy (non-hydrogen) atoms. The van der Waals surface area contributed by atoms with Crippen LogP contribution in [0.15, 0.2) is 36.7 Å². The van der Waals surface area contributed by atoms with Crippen LogP contribution in [0, 0.1) is 5.82 Å². The molecule has 0 bridgehead atoms. The molecule has 1 aromatic heterocycles. The molecule has 0 fully saturated rings. The van der Waals surface area contributed by atoms with E-state index in [-0.39, 0.29) is 11.3 Å². The molecule has 4 nitrogen and oxygen atoms in total. The highest BCUT2D eigenvalue weighted by Crippen LogP contribution is 2.33. The van der Waals surface area contributed by atoms with E-state index in [2.05, 4.69) is 10.3 Å². The zero-order valence-electron chi connectivity index (χ0n) is 10.3. The number of nitrogens with zero attached hydrogens (tertiary/aromatic N) is 1. The molecule has 0 atom stereocenters. The summed E-state index contributed by atoms with van der Waals surface area (Å²) in [5, 5.41) is 11.6. The summed E-state index contributed by atoms with van der Waals surface area (Å²) in [6, 6.07) is 3.26. The van der Waals surface area contributed by atoms with Crippen LogP contribution in [0.25, 0.3) is 0 Å². The Bertz CT molecular complexity index is 686. The molecule has 1 heterocycles. The van der Waals surface area contributed by atoms with Gasteiger partial charge in [0.25, 0.3) is 5.91 Å². The van der Waals surface area contributed by atoms with Gasteiger partial charge in [-0.25, -0.2) is 4.39 Å². The van der Waals surface area contributed by atoms with E-state index in [9.17, 15) is 27.5 Å². The van der Waals surface area contributed by atoms with E-state index in [4.69, 9.17) is 0 Å². The summed E-state index contributed by atoms with van der Waals surface area (Å²) in [5.74, 6) is -2.70. The predicted molar refractivity (Wildman–Crippen MR) is 65.3 cm³/mol. The minimum absolute atomic E-state index is 0.164. The summed E-state index contributed by atoms with van der Waals surface area (Å²) in [5.41, 5.74) is -1.90. The average molecular weight is 300 g/mol. The van der Waals surface area contributed by atoms with Crippen LogP contribution in [0.2, 0.25) is 0 Å². The topological polar surface area (TPSA) is 62.2 Å². The molecule has 1 aromatic carbocycles. The van der Waals surface area contributed by atoms with Crippen molar-refractivity contribution in [3.8, 4) is 5.75 Å². The largest absolute Gasteiger partial charge is 0.505 e. The maximum atomic E-state index is 13.1. The number of rotatable bonds is 2.